The lowest BCUT2D eigenvalue weighted by Crippen LogP contribution is -2.41. The molecule has 27 heavy (non-hydrogen) atoms. The van der Waals surface area contributed by atoms with Crippen LogP contribution in [0.4, 0.5) is 4.79 Å². The molecule has 2 aromatic rings. The van der Waals surface area contributed by atoms with Crippen LogP contribution in [-0.2, 0) is 9.53 Å². The number of benzene rings is 2. The van der Waals surface area contributed by atoms with Gasteiger partial charge in [-0.1, -0.05) is 48.5 Å². The number of rotatable bonds is 5. The van der Waals surface area contributed by atoms with Gasteiger partial charge in [0.15, 0.2) is 11.9 Å². The molecule has 1 atom stereocenters. The van der Waals surface area contributed by atoms with Crippen LogP contribution >= 0.6 is 0 Å². The lowest BCUT2D eigenvalue weighted by molar-refractivity contribution is -0.136. The molecule has 0 aromatic heterocycles. The van der Waals surface area contributed by atoms with Gasteiger partial charge in [0.1, 0.15) is 0 Å². The summed E-state index contributed by atoms with van der Waals surface area (Å²) in [6.07, 6.45) is -1.15. The third-order valence-corrected chi connectivity index (χ3v) is 4.18. The van der Waals surface area contributed by atoms with Gasteiger partial charge in [0.25, 0.3) is 5.91 Å². The van der Waals surface area contributed by atoms with E-state index in [0.717, 1.165) is 4.90 Å². The highest BCUT2D eigenvalue weighted by molar-refractivity contribution is 6.14. The third-order valence-electron chi connectivity index (χ3n) is 4.18. The Labute approximate surface area is 155 Å². The lowest BCUT2D eigenvalue weighted by Gasteiger charge is -2.18. The third kappa shape index (κ3) is 3.87. The Hall–Kier alpha value is -3.48. The molecule has 1 N–H and O–H groups in total. The molecular weight excluding hydrogens is 348 g/mol. The molecule has 7 heteroatoms. The van der Waals surface area contributed by atoms with E-state index >= 15 is 0 Å². The summed E-state index contributed by atoms with van der Waals surface area (Å²) in [6, 6.07) is 14.3. The van der Waals surface area contributed by atoms with Gasteiger partial charge in [-0.05, 0) is 13.0 Å². The highest BCUT2D eigenvalue weighted by Gasteiger charge is 2.32. The van der Waals surface area contributed by atoms with Crippen LogP contribution in [0.25, 0.3) is 0 Å². The number of carbonyl (C=O) groups excluding carboxylic acids is 4. The maximum absolute atomic E-state index is 12.7. The highest BCUT2D eigenvalue weighted by atomic mass is 16.5. The number of hydrogen-bond donors (Lipinski definition) is 1. The molecule has 0 saturated carbocycles. The van der Waals surface area contributed by atoms with Gasteiger partial charge in [-0.3, -0.25) is 14.5 Å². The Kier molecular flexibility index (Phi) is 5.30. The van der Waals surface area contributed by atoms with Gasteiger partial charge in [-0.2, -0.15) is 0 Å². The molecular formula is C20H18N2O5. The van der Waals surface area contributed by atoms with Crippen LogP contribution < -0.4 is 5.32 Å². The summed E-state index contributed by atoms with van der Waals surface area (Å²) in [5, 5.41) is 2.51. The Morgan fingerprint density at radius 3 is 2.26 bits per heavy atom. The minimum Gasteiger partial charge on any atom is -0.449 e. The van der Waals surface area contributed by atoms with Gasteiger partial charge < -0.3 is 10.1 Å². The number of imide groups is 1. The fourth-order valence-corrected chi connectivity index (χ4v) is 2.78. The van der Waals surface area contributed by atoms with Crippen molar-refractivity contribution in [1.82, 2.24) is 10.2 Å². The van der Waals surface area contributed by atoms with Crippen molar-refractivity contribution in [2.75, 3.05) is 13.1 Å². The van der Waals surface area contributed by atoms with Crippen molar-refractivity contribution in [1.29, 1.82) is 0 Å². The van der Waals surface area contributed by atoms with Gasteiger partial charge >= 0.3 is 12.0 Å². The van der Waals surface area contributed by atoms with Crippen LogP contribution in [-0.4, -0.2) is 47.8 Å². The number of esters is 1. The Morgan fingerprint density at radius 2 is 1.63 bits per heavy atom. The maximum atomic E-state index is 12.7. The number of hydrogen-bond acceptors (Lipinski definition) is 5. The summed E-state index contributed by atoms with van der Waals surface area (Å²) < 4.78 is 5.22. The smallest absolute Gasteiger partial charge is 0.339 e. The molecule has 1 heterocycles. The molecule has 0 aliphatic carbocycles. The largest absolute Gasteiger partial charge is 0.449 e. The molecule has 0 bridgehead atoms. The molecule has 138 valence electrons. The van der Waals surface area contributed by atoms with Crippen LogP contribution in [0.5, 0.6) is 0 Å². The van der Waals surface area contributed by atoms with E-state index in [1.165, 1.54) is 19.1 Å². The zero-order valence-electron chi connectivity index (χ0n) is 14.7. The van der Waals surface area contributed by atoms with E-state index in [2.05, 4.69) is 5.32 Å². The first-order valence-electron chi connectivity index (χ1n) is 8.48. The predicted molar refractivity (Wildman–Crippen MR) is 96.3 cm³/mol. The van der Waals surface area contributed by atoms with Gasteiger partial charge in [0, 0.05) is 24.2 Å². The molecule has 1 aliphatic rings. The number of ketones is 1. The number of nitrogens with zero attached hydrogens (tertiary/aromatic N) is 1. The van der Waals surface area contributed by atoms with Gasteiger partial charge in [0.2, 0.25) is 0 Å². The molecule has 0 radical (unpaired) electrons. The molecule has 1 fully saturated rings. The van der Waals surface area contributed by atoms with Gasteiger partial charge in [0.05, 0.1) is 5.56 Å². The van der Waals surface area contributed by atoms with E-state index < -0.39 is 24.0 Å². The quantitative estimate of drug-likeness (QED) is 0.645. The van der Waals surface area contributed by atoms with Crippen LogP contribution in [0.15, 0.2) is 54.6 Å². The van der Waals surface area contributed by atoms with Crippen molar-refractivity contribution >= 4 is 23.7 Å². The Bertz CT molecular complexity index is 894. The summed E-state index contributed by atoms with van der Waals surface area (Å²) in [5.74, 6) is -1.72. The number of ether oxygens (including phenoxy) is 1. The number of urea groups is 1. The second-order valence-electron chi connectivity index (χ2n) is 6.01. The van der Waals surface area contributed by atoms with E-state index in [-0.39, 0.29) is 23.5 Å². The molecule has 3 amide bonds. The lowest BCUT2D eigenvalue weighted by atomic mass is 9.98. The minimum absolute atomic E-state index is 0.0666. The summed E-state index contributed by atoms with van der Waals surface area (Å²) >= 11 is 0. The average Bonchev–Trinajstić information content (AvgIpc) is 3.13. The zero-order chi connectivity index (χ0) is 19.4. The molecule has 7 nitrogen and oxygen atoms in total. The summed E-state index contributed by atoms with van der Waals surface area (Å²) in [5.41, 5.74) is 0.694. The van der Waals surface area contributed by atoms with Crippen molar-refractivity contribution in [3.63, 3.8) is 0 Å². The van der Waals surface area contributed by atoms with E-state index in [4.69, 9.17) is 4.74 Å². The topological polar surface area (TPSA) is 92.8 Å². The first kappa shape index (κ1) is 18.3. The van der Waals surface area contributed by atoms with Crippen molar-refractivity contribution in [3.05, 3.63) is 71.3 Å². The Balaban J connectivity index is 1.78. The van der Waals surface area contributed by atoms with E-state index in [1.807, 2.05) is 0 Å². The molecule has 0 spiro atoms. The van der Waals surface area contributed by atoms with Crippen LogP contribution in [0.3, 0.4) is 0 Å². The molecule has 3 rings (SSSR count). The second kappa shape index (κ2) is 7.82. The molecule has 1 unspecified atom stereocenters. The summed E-state index contributed by atoms with van der Waals surface area (Å²) in [6.45, 7) is 1.98. The van der Waals surface area contributed by atoms with Crippen molar-refractivity contribution in [2.24, 2.45) is 0 Å². The fourth-order valence-electron chi connectivity index (χ4n) is 2.78. The average molecular weight is 366 g/mol. The molecule has 1 saturated heterocycles. The standard InChI is InChI=1S/C20H18N2O5/c1-13(18(24)22-12-11-21-20(22)26)27-19(25)16-10-6-5-9-15(16)17(23)14-7-3-2-4-8-14/h2-10,13H,11-12H2,1H3,(H,21,26). The normalized spacial score (nSPS) is 14.4. The highest BCUT2D eigenvalue weighted by Crippen LogP contribution is 2.17. The van der Waals surface area contributed by atoms with E-state index in [9.17, 15) is 19.2 Å². The van der Waals surface area contributed by atoms with Crippen molar-refractivity contribution < 1.29 is 23.9 Å². The molecule has 1 aliphatic heterocycles. The summed E-state index contributed by atoms with van der Waals surface area (Å²) in [7, 11) is 0. The Morgan fingerprint density at radius 1 is 1.00 bits per heavy atom. The maximum Gasteiger partial charge on any atom is 0.339 e. The van der Waals surface area contributed by atoms with Crippen LogP contribution in [0.1, 0.15) is 33.2 Å². The number of amides is 3. The van der Waals surface area contributed by atoms with E-state index in [1.54, 1.807) is 42.5 Å². The predicted octanol–water partition coefficient (Wildman–Crippen LogP) is 2.01. The van der Waals surface area contributed by atoms with Gasteiger partial charge in [-0.25, -0.2) is 9.59 Å². The fraction of sp³-hybridized carbons (Fsp3) is 0.200. The second-order valence-corrected chi connectivity index (χ2v) is 6.01. The summed E-state index contributed by atoms with van der Waals surface area (Å²) in [4.78, 5) is 50.1. The first-order chi connectivity index (χ1) is 13.0. The zero-order valence-corrected chi connectivity index (χ0v) is 14.7. The first-order valence-corrected chi connectivity index (χ1v) is 8.48. The van der Waals surface area contributed by atoms with Crippen LogP contribution in [0.2, 0.25) is 0 Å². The monoisotopic (exact) mass is 366 g/mol. The van der Waals surface area contributed by atoms with Crippen LogP contribution in [0, 0.1) is 0 Å². The van der Waals surface area contributed by atoms with E-state index in [0.29, 0.717) is 12.1 Å². The van der Waals surface area contributed by atoms with Gasteiger partial charge in [-0.15, -0.1) is 0 Å². The number of carbonyl (C=O) groups is 4. The van der Waals surface area contributed by atoms with Crippen molar-refractivity contribution in [3.8, 4) is 0 Å². The SMILES string of the molecule is CC(OC(=O)c1ccccc1C(=O)c1ccccc1)C(=O)N1CCNC1=O. The minimum atomic E-state index is -1.15. The van der Waals surface area contributed by atoms with Crippen molar-refractivity contribution in [2.45, 2.75) is 13.0 Å². The number of nitrogens with one attached hydrogen (secondary N) is 1. The molecule has 2 aromatic carbocycles.